The Labute approximate surface area is 302 Å². The van der Waals surface area contributed by atoms with Gasteiger partial charge in [0.2, 0.25) is 0 Å². The van der Waals surface area contributed by atoms with Crippen molar-refractivity contribution in [3.8, 4) is 22.3 Å². The number of hydrogen-bond donors (Lipinski definition) is 0. The van der Waals surface area contributed by atoms with Crippen LogP contribution in [-0.2, 0) is 0 Å². The molecule has 7 aromatic rings. The zero-order chi connectivity index (χ0) is 34.6. The van der Waals surface area contributed by atoms with Gasteiger partial charge in [-0.2, -0.15) is 0 Å². The van der Waals surface area contributed by atoms with Gasteiger partial charge in [0.15, 0.2) is 0 Å². The van der Waals surface area contributed by atoms with Gasteiger partial charge in [0.05, 0.1) is 0 Å². The molecule has 246 valence electrons. The number of anilines is 6. The van der Waals surface area contributed by atoms with Crippen LogP contribution in [0, 0.1) is 0 Å². The number of hydrogen-bond acceptors (Lipinski definition) is 2. The van der Waals surface area contributed by atoms with Gasteiger partial charge < -0.3 is 9.80 Å². The highest BCUT2D eigenvalue weighted by Crippen LogP contribution is 2.44. The molecular formula is C48H41BN2. The first-order valence-corrected chi connectivity index (χ1v) is 18.3. The summed E-state index contributed by atoms with van der Waals surface area (Å²) >= 11 is 0. The Morgan fingerprint density at radius 2 is 0.765 bits per heavy atom. The first kappa shape index (κ1) is 31.2. The van der Waals surface area contributed by atoms with Crippen molar-refractivity contribution in [2.24, 2.45) is 0 Å². The van der Waals surface area contributed by atoms with Gasteiger partial charge in [-0.05, 0) is 110 Å². The predicted molar refractivity (Wildman–Crippen MR) is 220 cm³/mol. The molecule has 0 fully saturated rings. The largest absolute Gasteiger partial charge is 0.311 e. The molecule has 2 aliphatic heterocycles. The fourth-order valence-electron chi connectivity index (χ4n) is 8.13. The van der Waals surface area contributed by atoms with Gasteiger partial charge in [0.1, 0.15) is 0 Å². The van der Waals surface area contributed by atoms with Crippen LogP contribution >= 0.6 is 0 Å². The lowest BCUT2D eigenvalue weighted by atomic mass is 9.33. The van der Waals surface area contributed by atoms with Crippen LogP contribution in [-0.4, -0.2) is 6.71 Å². The van der Waals surface area contributed by atoms with Gasteiger partial charge in [-0.3, -0.25) is 0 Å². The van der Waals surface area contributed by atoms with Crippen molar-refractivity contribution < 1.29 is 0 Å². The molecule has 7 aromatic carbocycles. The van der Waals surface area contributed by atoms with Gasteiger partial charge in [0, 0.05) is 34.1 Å². The van der Waals surface area contributed by atoms with E-state index in [0.717, 1.165) is 11.4 Å². The Balaban J connectivity index is 1.31. The minimum Gasteiger partial charge on any atom is -0.311 e. The van der Waals surface area contributed by atoms with Crippen molar-refractivity contribution >= 4 is 57.2 Å². The summed E-state index contributed by atoms with van der Waals surface area (Å²) in [6.45, 7) is 9.08. The SMILES string of the molecule is CC(C)c1ccc(-c2ccc3c(c2)B2c4cc(-c5ccc(C(C)C)cc5)ccc4N(c4ccccc4)c4cccc(c42)N3c2ccccc2)cc1. The summed E-state index contributed by atoms with van der Waals surface area (Å²) in [5, 5.41) is 0. The van der Waals surface area contributed by atoms with Crippen molar-refractivity contribution in [2.45, 2.75) is 39.5 Å². The van der Waals surface area contributed by atoms with E-state index < -0.39 is 0 Å². The van der Waals surface area contributed by atoms with Crippen LogP contribution in [0.5, 0.6) is 0 Å². The fourth-order valence-corrected chi connectivity index (χ4v) is 8.13. The molecular weight excluding hydrogens is 615 g/mol. The number of benzene rings is 7. The summed E-state index contributed by atoms with van der Waals surface area (Å²) in [6.07, 6.45) is 0. The molecule has 2 aliphatic rings. The average molecular weight is 657 g/mol. The molecule has 0 unspecified atom stereocenters. The Hall–Kier alpha value is -5.80. The summed E-state index contributed by atoms with van der Waals surface area (Å²) < 4.78 is 0. The minimum absolute atomic E-state index is 0.0471. The topological polar surface area (TPSA) is 6.48 Å². The average Bonchev–Trinajstić information content (AvgIpc) is 3.18. The quantitative estimate of drug-likeness (QED) is 0.164. The standard InChI is InChI=1S/C48H41BN2/c1-32(2)34-18-22-36(23-19-34)38-26-28-44-42(30-38)49-43-31-39(37-24-20-35(21-25-37)33(3)4)27-29-45(43)51(41-14-9-6-10-15-41)47-17-11-16-46(48(47)49)50(44)40-12-7-5-8-13-40/h5-33H,1-4H3. The molecule has 0 bridgehead atoms. The first-order valence-electron chi connectivity index (χ1n) is 18.3. The highest BCUT2D eigenvalue weighted by atomic mass is 15.2. The lowest BCUT2D eigenvalue weighted by Gasteiger charge is -2.44. The Bertz CT molecular complexity index is 2200. The monoisotopic (exact) mass is 656 g/mol. The van der Waals surface area contributed by atoms with Crippen molar-refractivity contribution in [1.29, 1.82) is 0 Å². The van der Waals surface area contributed by atoms with Gasteiger partial charge >= 0.3 is 0 Å². The van der Waals surface area contributed by atoms with E-state index in [-0.39, 0.29) is 6.71 Å². The summed E-state index contributed by atoms with van der Waals surface area (Å²) in [7, 11) is 0. The van der Waals surface area contributed by atoms with E-state index in [0.29, 0.717) is 11.8 Å². The van der Waals surface area contributed by atoms with Crippen molar-refractivity contribution in [3.05, 3.63) is 175 Å². The van der Waals surface area contributed by atoms with Crippen LogP contribution in [0.1, 0.15) is 50.7 Å². The second kappa shape index (κ2) is 12.5. The second-order valence-corrected chi connectivity index (χ2v) is 14.6. The molecule has 0 radical (unpaired) electrons. The van der Waals surface area contributed by atoms with Crippen LogP contribution < -0.4 is 26.2 Å². The van der Waals surface area contributed by atoms with Crippen molar-refractivity contribution in [2.75, 3.05) is 9.80 Å². The molecule has 0 saturated heterocycles. The number of rotatable bonds is 6. The van der Waals surface area contributed by atoms with Crippen LogP contribution in [0.25, 0.3) is 22.3 Å². The van der Waals surface area contributed by atoms with Gasteiger partial charge in [0.25, 0.3) is 6.71 Å². The van der Waals surface area contributed by atoms with E-state index in [1.165, 1.54) is 72.5 Å². The van der Waals surface area contributed by atoms with E-state index >= 15 is 0 Å². The predicted octanol–water partition coefficient (Wildman–Crippen LogP) is 11.3. The Morgan fingerprint density at radius 1 is 0.373 bits per heavy atom. The first-order chi connectivity index (χ1) is 25.0. The molecule has 0 aliphatic carbocycles. The van der Waals surface area contributed by atoms with E-state index in [9.17, 15) is 0 Å². The highest BCUT2D eigenvalue weighted by molar-refractivity contribution is 7.00. The van der Waals surface area contributed by atoms with E-state index in [1.807, 2.05) is 0 Å². The van der Waals surface area contributed by atoms with Crippen LogP contribution in [0.3, 0.4) is 0 Å². The summed E-state index contributed by atoms with van der Waals surface area (Å²) in [5.41, 5.74) is 18.9. The number of para-hydroxylation sites is 2. The molecule has 2 nitrogen and oxygen atoms in total. The van der Waals surface area contributed by atoms with Gasteiger partial charge in [-0.25, -0.2) is 0 Å². The zero-order valence-corrected chi connectivity index (χ0v) is 29.7. The second-order valence-electron chi connectivity index (χ2n) is 14.6. The highest BCUT2D eigenvalue weighted by Gasteiger charge is 2.43. The summed E-state index contributed by atoms with van der Waals surface area (Å²) in [5.74, 6) is 0.998. The molecule has 0 amide bonds. The van der Waals surface area contributed by atoms with Crippen molar-refractivity contribution in [1.82, 2.24) is 0 Å². The maximum Gasteiger partial charge on any atom is 0.252 e. The number of fused-ring (bicyclic) bond motifs is 4. The molecule has 0 saturated carbocycles. The maximum atomic E-state index is 2.47. The van der Waals surface area contributed by atoms with E-state index in [2.05, 4.69) is 201 Å². The third-order valence-electron chi connectivity index (χ3n) is 10.8. The normalized spacial score (nSPS) is 12.9. The lowest BCUT2D eigenvalue weighted by molar-refractivity contribution is 0.867. The molecule has 0 atom stereocenters. The van der Waals surface area contributed by atoms with Crippen LogP contribution in [0.15, 0.2) is 164 Å². The zero-order valence-electron chi connectivity index (χ0n) is 29.7. The molecule has 0 N–H and O–H groups in total. The van der Waals surface area contributed by atoms with Crippen LogP contribution in [0.2, 0.25) is 0 Å². The molecule has 51 heavy (non-hydrogen) atoms. The Morgan fingerprint density at radius 3 is 1.16 bits per heavy atom. The molecule has 3 heteroatoms. The van der Waals surface area contributed by atoms with E-state index in [1.54, 1.807) is 0 Å². The fraction of sp³-hybridized carbons (Fsp3) is 0.125. The van der Waals surface area contributed by atoms with Gasteiger partial charge in [-0.1, -0.05) is 143 Å². The summed E-state index contributed by atoms with van der Waals surface area (Å²) in [6, 6.07) is 61.1. The lowest BCUT2D eigenvalue weighted by Crippen LogP contribution is -2.61. The van der Waals surface area contributed by atoms with Crippen LogP contribution in [0.4, 0.5) is 34.1 Å². The minimum atomic E-state index is 0.0471. The third-order valence-corrected chi connectivity index (χ3v) is 10.8. The van der Waals surface area contributed by atoms with E-state index in [4.69, 9.17) is 0 Å². The molecule has 0 spiro atoms. The third kappa shape index (κ3) is 5.27. The summed E-state index contributed by atoms with van der Waals surface area (Å²) in [4.78, 5) is 4.94. The maximum absolute atomic E-state index is 2.47. The Kier molecular flexibility index (Phi) is 7.66. The van der Waals surface area contributed by atoms with Gasteiger partial charge in [-0.15, -0.1) is 0 Å². The molecule has 2 heterocycles. The molecule has 0 aromatic heterocycles. The van der Waals surface area contributed by atoms with Crippen molar-refractivity contribution in [3.63, 3.8) is 0 Å². The molecule has 9 rings (SSSR count). The smallest absolute Gasteiger partial charge is 0.252 e. The number of nitrogens with zero attached hydrogens (tertiary/aromatic N) is 2.